The molecule has 4 rings (SSSR count). The number of carbonyl (C=O) groups excluding carboxylic acids is 1. The van der Waals surface area contributed by atoms with Gasteiger partial charge in [0, 0.05) is 18.0 Å². The maximum Gasteiger partial charge on any atom is 0.273 e. The SMILES string of the molecule is O=C(c1cscn1)N1CC[C@H](c2ccccc2)[C@H]2CCCC[C@H]21. The molecule has 1 amide bonds. The monoisotopic (exact) mass is 326 g/mol. The van der Waals surface area contributed by atoms with E-state index in [9.17, 15) is 4.79 Å². The van der Waals surface area contributed by atoms with Crippen molar-refractivity contribution in [3.8, 4) is 0 Å². The summed E-state index contributed by atoms with van der Waals surface area (Å²) >= 11 is 1.50. The van der Waals surface area contributed by atoms with Crippen LogP contribution in [0.5, 0.6) is 0 Å². The van der Waals surface area contributed by atoms with Crippen LogP contribution in [0.1, 0.15) is 54.1 Å². The first kappa shape index (κ1) is 14.9. The van der Waals surface area contributed by atoms with Crippen molar-refractivity contribution < 1.29 is 4.79 Å². The van der Waals surface area contributed by atoms with Gasteiger partial charge in [-0.3, -0.25) is 4.79 Å². The second-order valence-corrected chi connectivity index (χ2v) is 7.41. The lowest BCUT2D eigenvalue weighted by atomic mass is 9.69. The number of carbonyl (C=O) groups is 1. The number of piperidine rings is 1. The lowest BCUT2D eigenvalue weighted by molar-refractivity contribution is 0.0315. The number of nitrogens with zero attached hydrogens (tertiary/aromatic N) is 2. The van der Waals surface area contributed by atoms with Crippen LogP contribution in [-0.2, 0) is 0 Å². The van der Waals surface area contributed by atoms with Gasteiger partial charge in [0.15, 0.2) is 0 Å². The third kappa shape index (κ3) is 2.80. The normalized spacial score (nSPS) is 27.5. The lowest BCUT2D eigenvalue weighted by Gasteiger charge is -2.48. The fraction of sp³-hybridized carbons (Fsp3) is 0.474. The van der Waals surface area contributed by atoms with E-state index in [1.54, 1.807) is 5.51 Å². The van der Waals surface area contributed by atoms with Gasteiger partial charge in [-0.25, -0.2) is 4.98 Å². The van der Waals surface area contributed by atoms with Crippen LogP contribution in [0.4, 0.5) is 0 Å². The summed E-state index contributed by atoms with van der Waals surface area (Å²) in [4.78, 5) is 19.2. The second-order valence-electron chi connectivity index (χ2n) is 6.69. The van der Waals surface area contributed by atoms with Crippen LogP contribution in [0.15, 0.2) is 41.2 Å². The number of fused-ring (bicyclic) bond motifs is 1. The first-order valence-electron chi connectivity index (χ1n) is 8.58. The van der Waals surface area contributed by atoms with Gasteiger partial charge in [-0.05, 0) is 36.7 Å². The molecule has 1 aliphatic carbocycles. The van der Waals surface area contributed by atoms with Crippen LogP contribution in [0.2, 0.25) is 0 Å². The van der Waals surface area contributed by atoms with Crippen molar-refractivity contribution in [2.24, 2.45) is 5.92 Å². The van der Waals surface area contributed by atoms with Gasteiger partial charge < -0.3 is 4.90 Å². The van der Waals surface area contributed by atoms with E-state index in [-0.39, 0.29) is 5.91 Å². The number of hydrogen-bond donors (Lipinski definition) is 0. The second kappa shape index (κ2) is 6.44. The van der Waals surface area contributed by atoms with E-state index in [0.29, 0.717) is 23.6 Å². The largest absolute Gasteiger partial charge is 0.334 e. The van der Waals surface area contributed by atoms with Crippen LogP contribution < -0.4 is 0 Å². The number of hydrogen-bond acceptors (Lipinski definition) is 3. The van der Waals surface area contributed by atoms with Crippen LogP contribution in [0.25, 0.3) is 0 Å². The third-order valence-electron chi connectivity index (χ3n) is 5.52. The minimum absolute atomic E-state index is 0.134. The Morgan fingerprint density at radius 2 is 1.96 bits per heavy atom. The number of benzene rings is 1. The van der Waals surface area contributed by atoms with E-state index >= 15 is 0 Å². The highest BCUT2D eigenvalue weighted by Crippen LogP contribution is 2.44. The smallest absolute Gasteiger partial charge is 0.273 e. The quantitative estimate of drug-likeness (QED) is 0.823. The standard InChI is InChI=1S/C19H22N2OS/c22-19(17-12-23-13-20-17)21-11-10-15(14-6-2-1-3-7-14)16-8-4-5-9-18(16)21/h1-3,6-7,12-13,15-16,18H,4-5,8-11H2/t15-,16-,18-/m1/s1. The van der Waals surface area contributed by atoms with E-state index in [1.165, 1.54) is 36.2 Å². The van der Waals surface area contributed by atoms with Crippen molar-refractivity contribution in [2.45, 2.75) is 44.1 Å². The van der Waals surface area contributed by atoms with Gasteiger partial charge in [0.1, 0.15) is 5.69 Å². The molecule has 120 valence electrons. The summed E-state index contributed by atoms with van der Waals surface area (Å²) in [6, 6.07) is 11.3. The topological polar surface area (TPSA) is 33.2 Å². The number of amides is 1. The van der Waals surface area contributed by atoms with Gasteiger partial charge in [0.2, 0.25) is 0 Å². The number of thiazole rings is 1. The molecular weight excluding hydrogens is 304 g/mol. The molecule has 0 spiro atoms. The highest BCUT2D eigenvalue weighted by Gasteiger charge is 2.42. The van der Waals surface area contributed by atoms with E-state index < -0.39 is 0 Å². The summed E-state index contributed by atoms with van der Waals surface area (Å²) in [6.45, 7) is 0.858. The Hall–Kier alpha value is -1.68. The van der Waals surface area contributed by atoms with E-state index in [1.807, 2.05) is 5.38 Å². The van der Waals surface area contributed by atoms with Gasteiger partial charge in [0.05, 0.1) is 5.51 Å². The zero-order valence-electron chi connectivity index (χ0n) is 13.2. The molecule has 2 aromatic rings. The van der Waals surface area contributed by atoms with Gasteiger partial charge in [-0.1, -0.05) is 43.2 Å². The highest BCUT2D eigenvalue weighted by atomic mass is 32.1. The zero-order valence-corrected chi connectivity index (χ0v) is 14.0. The molecule has 2 fully saturated rings. The molecule has 1 aromatic heterocycles. The number of aromatic nitrogens is 1. The average Bonchev–Trinajstić information content (AvgIpc) is 3.15. The van der Waals surface area contributed by atoms with Crippen molar-refractivity contribution in [1.82, 2.24) is 9.88 Å². The van der Waals surface area contributed by atoms with Gasteiger partial charge in [-0.2, -0.15) is 0 Å². The Kier molecular flexibility index (Phi) is 4.17. The molecule has 0 N–H and O–H groups in total. The fourth-order valence-electron chi connectivity index (χ4n) is 4.49. The minimum Gasteiger partial charge on any atom is -0.334 e. The Bertz CT molecular complexity index is 655. The van der Waals surface area contributed by atoms with Gasteiger partial charge in [-0.15, -0.1) is 11.3 Å². The lowest BCUT2D eigenvalue weighted by Crippen LogP contribution is -2.52. The third-order valence-corrected chi connectivity index (χ3v) is 6.11. The molecular formula is C19H22N2OS. The summed E-state index contributed by atoms with van der Waals surface area (Å²) in [5.74, 6) is 1.33. The van der Waals surface area contributed by atoms with E-state index in [2.05, 4.69) is 40.2 Å². The van der Waals surface area contributed by atoms with Crippen molar-refractivity contribution in [3.63, 3.8) is 0 Å². The maximum atomic E-state index is 12.8. The van der Waals surface area contributed by atoms with Crippen LogP contribution in [0, 0.1) is 5.92 Å². The summed E-state index contributed by atoms with van der Waals surface area (Å²) < 4.78 is 0. The summed E-state index contributed by atoms with van der Waals surface area (Å²) in [5.41, 5.74) is 3.82. The summed E-state index contributed by atoms with van der Waals surface area (Å²) in [5, 5.41) is 1.88. The average molecular weight is 326 g/mol. The van der Waals surface area contributed by atoms with Crippen molar-refractivity contribution in [3.05, 3.63) is 52.5 Å². The fourth-order valence-corrected chi connectivity index (χ4v) is 5.01. The van der Waals surface area contributed by atoms with Crippen LogP contribution in [-0.4, -0.2) is 28.4 Å². The molecule has 2 aliphatic rings. The van der Waals surface area contributed by atoms with Gasteiger partial charge >= 0.3 is 0 Å². The maximum absolute atomic E-state index is 12.8. The molecule has 0 unspecified atom stereocenters. The predicted octanol–water partition coefficient (Wildman–Crippen LogP) is 4.33. The Labute approximate surface area is 141 Å². The van der Waals surface area contributed by atoms with Crippen molar-refractivity contribution in [1.29, 1.82) is 0 Å². The molecule has 2 heterocycles. The molecule has 0 bridgehead atoms. The number of likely N-dealkylation sites (tertiary alicyclic amines) is 1. The first-order valence-corrected chi connectivity index (χ1v) is 9.53. The van der Waals surface area contributed by atoms with Crippen molar-refractivity contribution in [2.75, 3.05) is 6.54 Å². The van der Waals surface area contributed by atoms with E-state index in [4.69, 9.17) is 0 Å². The first-order chi connectivity index (χ1) is 11.3. The molecule has 4 heteroatoms. The number of rotatable bonds is 2. The molecule has 1 aliphatic heterocycles. The van der Waals surface area contributed by atoms with Crippen LogP contribution >= 0.6 is 11.3 Å². The Morgan fingerprint density at radius 1 is 1.13 bits per heavy atom. The molecule has 3 atom stereocenters. The summed E-state index contributed by atoms with van der Waals surface area (Å²) in [7, 11) is 0. The summed E-state index contributed by atoms with van der Waals surface area (Å²) in [6.07, 6.45) is 5.99. The molecule has 3 nitrogen and oxygen atoms in total. The Balaban J connectivity index is 1.60. The zero-order chi connectivity index (χ0) is 15.6. The Morgan fingerprint density at radius 3 is 2.74 bits per heavy atom. The molecule has 0 radical (unpaired) electrons. The van der Waals surface area contributed by atoms with Gasteiger partial charge in [0.25, 0.3) is 5.91 Å². The van der Waals surface area contributed by atoms with E-state index in [0.717, 1.165) is 19.4 Å². The molecule has 1 saturated carbocycles. The van der Waals surface area contributed by atoms with Crippen molar-refractivity contribution >= 4 is 17.2 Å². The minimum atomic E-state index is 0.134. The molecule has 1 saturated heterocycles. The predicted molar refractivity (Wildman–Crippen MR) is 92.7 cm³/mol. The molecule has 23 heavy (non-hydrogen) atoms. The molecule has 1 aromatic carbocycles. The highest BCUT2D eigenvalue weighted by molar-refractivity contribution is 7.07. The van der Waals surface area contributed by atoms with Crippen LogP contribution in [0.3, 0.4) is 0 Å².